The molecule has 2 N–H and O–H groups in total. The summed E-state index contributed by atoms with van der Waals surface area (Å²) in [4.78, 5) is 24.0. The molecular formula is C26H19FN4O2. The van der Waals surface area contributed by atoms with E-state index < -0.39 is 11.7 Å². The first-order valence-electron chi connectivity index (χ1n) is 10.3. The van der Waals surface area contributed by atoms with E-state index in [4.69, 9.17) is 4.74 Å². The number of hydrogen-bond acceptors (Lipinski definition) is 4. The second-order valence-corrected chi connectivity index (χ2v) is 7.55. The molecule has 6 nitrogen and oxygen atoms in total. The third kappa shape index (κ3) is 4.29. The molecule has 0 spiro atoms. The normalized spacial score (nSPS) is 10.8. The minimum absolute atomic E-state index is 0.0438. The van der Waals surface area contributed by atoms with Crippen LogP contribution in [-0.4, -0.2) is 20.9 Å². The average molecular weight is 438 g/mol. The molecule has 0 aliphatic heterocycles. The summed E-state index contributed by atoms with van der Waals surface area (Å²) in [5.41, 5.74) is 4.28. The number of amides is 1. The number of benzene rings is 2. The fourth-order valence-corrected chi connectivity index (χ4v) is 3.44. The van der Waals surface area contributed by atoms with Crippen molar-refractivity contribution in [3.8, 4) is 22.6 Å². The van der Waals surface area contributed by atoms with Crippen LogP contribution in [0.4, 0.5) is 10.1 Å². The summed E-state index contributed by atoms with van der Waals surface area (Å²) < 4.78 is 20.4. The van der Waals surface area contributed by atoms with Gasteiger partial charge in [-0.05, 0) is 42.8 Å². The van der Waals surface area contributed by atoms with E-state index in [1.165, 1.54) is 17.7 Å². The molecule has 0 fully saturated rings. The molecule has 0 radical (unpaired) electrons. The number of hydrogen-bond donors (Lipinski definition) is 2. The zero-order valence-corrected chi connectivity index (χ0v) is 17.7. The molecule has 2 aromatic carbocycles. The van der Waals surface area contributed by atoms with Crippen LogP contribution in [0.1, 0.15) is 16.1 Å². The third-order valence-electron chi connectivity index (χ3n) is 5.21. The van der Waals surface area contributed by atoms with Gasteiger partial charge in [0.2, 0.25) is 0 Å². The number of aromatic nitrogens is 3. The molecule has 3 aromatic heterocycles. The summed E-state index contributed by atoms with van der Waals surface area (Å²) in [5.74, 6) is -0.505. The molecule has 0 aliphatic rings. The SMILES string of the molecule is Cc1ccc(-c2ccc(C(=O)Nc3ccc(Oc4ccnc5[nH]ccc45)c(F)c3)nc2)cc1. The van der Waals surface area contributed by atoms with Crippen molar-refractivity contribution in [1.29, 1.82) is 0 Å². The van der Waals surface area contributed by atoms with Crippen LogP contribution in [0, 0.1) is 12.7 Å². The summed E-state index contributed by atoms with van der Waals surface area (Å²) in [6.45, 7) is 2.02. The van der Waals surface area contributed by atoms with Crippen LogP contribution in [-0.2, 0) is 0 Å². The highest BCUT2D eigenvalue weighted by molar-refractivity contribution is 6.03. The summed E-state index contributed by atoms with van der Waals surface area (Å²) >= 11 is 0. The van der Waals surface area contributed by atoms with E-state index in [1.54, 1.807) is 42.9 Å². The van der Waals surface area contributed by atoms with Crippen LogP contribution >= 0.6 is 0 Å². The van der Waals surface area contributed by atoms with E-state index in [9.17, 15) is 9.18 Å². The number of ether oxygens (including phenoxy) is 1. The van der Waals surface area contributed by atoms with Crippen molar-refractivity contribution in [3.05, 3.63) is 102 Å². The van der Waals surface area contributed by atoms with Crippen molar-refractivity contribution in [2.24, 2.45) is 0 Å². The third-order valence-corrected chi connectivity index (χ3v) is 5.21. The van der Waals surface area contributed by atoms with Gasteiger partial charge in [0.25, 0.3) is 5.91 Å². The van der Waals surface area contributed by atoms with Gasteiger partial charge in [-0.15, -0.1) is 0 Å². The Morgan fingerprint density at radius 3 is 2.52 bits per heavy atom. The van der Waals surface area contributed by atoms with Gasteiger partial charge in [0.1, 0.15) is 17.1 Å². The molecule has 5 rings (SSSR count). The second kappa shape index (κ2) is 8.55. The highest BCUT2D eigenvalue weighted by atomic mass is 19.1. The number of anilines is 1. The molecular weight excluding hydrogens is 419 g/mol. The van der Waals surface area contributed by atoms with Gasteiger partial charge in [-0.2, -0.15) is 0 Å². The number of rotatable bonds is 5. The Labute approximate surface area is 189 Å². The number of H-pyrrole nitrogens is 1. The van der Waals surface area contributed by atoms with Crippen molar-refractivity contribution >= 4 is 22.6 Å². The Morgan fingerprint density at radius 1 is 0.939 bits per heavy atom. The molecule has 1 amide bonds. The maximum atomic E-state index is 14.7. The zero-order chi connectivity index (χ0) is 22.8. The van der Waals surface area contributed by atoms with Gasteiger partial charge in [0.05, 0.1) is 5.39 Å². The molecule has 0 bridgehead atoms. The molecule has 5 aromatic rings. The van der Waals surface area contributed by atoms with E-state index in [0.717, 1.165) is 16.5 Å². The van der Waals surface area contributed by atoms with Gasteiger partial charge < -0.3 is 15.0 Å². The van der Waals surface area contributed by atoms with Gasteiger partial charge in [0.15, 0.2) is 11.6 Å². The number of carbonyl (C=O) groups is 1. The predicted molar refractivity (Wildman–Crippen MR) is 125 cm³/mol. The van der Waals surface area contributed by atoms with Crippen LogP contribution < -0.4 is 10.1 Å². The number of pyridine rings is 2. The maximum Gasteiger partial charge on any atom is 0.274 e. The number of fused-ring (bicyclic) bond motifs is 1. The van der Waals surface area contributed by atoms with E-state index in [2.05, 4.69) is 20.3 Å². The highest BCUT2D eigenvalue weighted by Crippen LogP contribution is 2.31. The summed E-state index contributed by atoms with van der Waals surface area (Å²) in [7, 11) is 0. The Bertz CT molecular complexity index is 1440. The average Bonchev–Trinajstić information content (AvgIpc) is 3.31. The van der Waals surface area contributed by atoms with Crippen molar-refractivity contribution in [2.45, 2.75) is 6.92 Å². The molecule has 7 heteroatoms. The molecule has 0 unspecified atom stereocenters. The Kier molecular flexibility index (Phi) is 5.28. The number of nitrogens with one attached hydrogen (secondary N) is 2. The number of carbonyl (C=O) groups excluding carboxylic acids is 1. The zero-order valence-electron chi connectivity index (χ0n) is 17.7. The predicted octanol–water partition coefficient (Wildman–Crippen LogP) is 6.12. The monoisotopic (exact) mass is 438 g/mol. The molecule has 33 heavy (non-hydrogen) atoms. The van der Waals surface area contributed by atoms with Crippen LogP contribution in [0.5, 0.6) is 11.5 Å². The first kappa shape index (κ1) is 20.4. The lowest BCUT2D eigenvalue weighted by atomic mass is 10.1. The smallest absolute Gasteiger partial charge is 0.274 e. The molecule has 0 saturated carbocycles. The van der Waals surface area contributed by atoms with Crippen LogP contribution in [0.3, 0.4) is 0 Å². The minimum atomic E-state index is -0.601. The molecule has 0 saturated heterocycles. The lowest BCUT2D eigenvalue weighted by Crippen LogP contribution is -2.13. The first-order valence-corrected chi connectivity index (χ1v) is 10.3. The van der Waals surface area contributed by atoms with Crippen molar-refractivity contribution in [2.75, 3.05) is 5.32 Å². The van der Waals surface area contributed by atoms with Gasteiger partial charge in [-0.25, -0.2) is 9.37 Å². The van der Waals surface area contributed by atoms with Gasteiger partial charge >= 0.3 is 0 Å². The largest absolute Gasteiger partial charge is 0.453 e. The van der Waals surface area contributed by atoms with Gasteiger partial charge in [-0.1, -0.05) is 35.9 Å². The van der Waals surface area contributed by atoms with E-state index >= 15 is 0 Å². The Hall–Kier alpha value is -4.52. The van der Waals surface area contributed by atoms with E-state index in [-0.39, 0.29) is 11.4 Å². The topological polar surface area (TPSA) is 79.9 Å². The lowest BCUT2D eigenvalue weighted by Gasteiger charge is -2.10. The number of aromatic amines is 1. The fraction of sp³-hybridized carbons (Fsp3) is 0.0385. The lowest BCUT2D eigenvalue weighted by molar-refractivity contribution is 0.102. The molecule has 3 heterocycles. The van der Waals surface area contributed by atoms with Crippen LogP contribution in [0.25, 0.3) is 22.2 Å². The summed E-state index contributed by atoms with van der Waals surface area (Å²) in [6, 6.07) is 19.3. The maximum absolute atomic E-state index is 14.7. The van der Waals surface area contributed by atoms with Crippen LogP contribution in [0.15, 0.2) is 85.3 Å². The molecule has 0 aliphatic carbocycles. The van der Waals surface area contributed by atoms with Gasteiger partial charge in [0, 0.05) is 35.9 Å². The number of halogens is 1. The number of aryl methyl sites for hydroxylation is 1. The summed E-state index contributed by atoms with van der Waals surface area (Å²) in [6.07, 6.45) is 4.96. The Balaban J connectivity index is 1.29. The number of nitrogens with zero attached hydrogens (tertiary/aromatic N) is 2. The van der Waals surface area contributed by atoms with E-state index in [0.29, 0.717) is 17.1 Å². The fourth-order valence-electron chi connectivity index (χ4n) is 3.44. The quantitative estimate of drug-likeness (QED) is 0.347. The van der Waals surface area contributed by atoms with Crippen molar-refractivity contribution in [3.63, 3.8) is 0 Å². The minimum Gasteiger partial charge on any atom is -0.453 e. The van der Waals surface area contributed by atoms with E-state index in [1.807, 2.05) is 37.3 Å². The summed E-state index contributed by atoms with van der Waals surface area (Å²) in [5, 5.41) is 3.42. The van der Waals surface area contributed by atoms with Crippen molar-refractivity contribution < 1.29 is 13.9 Å². The highest BCUT2D eigenvalue weighted by Gasteiger charge is 2.13. The van der Waals surface area contributed by atoms with Crippen molar-refractivity contribution in [1.82, 2.24) is 15.0 Å². The van der Waals surface area contributed by atoms with Gasteiger partial charge in [-0.3, -0.25) is 9.78 Å². The Morgan fingerprint density at radius 2 is 1.76 bits per heavy atom. The molecule has 162 valence electrons. The molecule has 0 atom stereocenters. The van der Waals surface area contributed by atoms with Crippen LogP contribution in [0.2, 0.25) is 0 Å². The standard InChI is InChI=1S/C26H19FN4O2/c1-16-2-4-17(5-3-16)18-6-8-22(30-15-18)26(32)31-19-7-9-24(21(27)14-19)33-23-11-13-29-25-20(23)10-12-28-25/h2-15H,1H3,(H,28,29)(H,31,32). The second-order valence-electron chi connectivity index (χ2n) is 7.55. The first-order chi connectivity index (χ1) is 16.1.